The van der Waals surface area contributed by atoms with E-state index in [1.807, 2.05) is 12.1 Å². The molecule has 1 aliphatic rings. The van der Waals surface area contributed by atoms with Gasteiger partial charge in [0.1, 0.15) is 11.5 Å². The predicted octanol–water partition coefficient (Wildman–Crippen LogP) is 9.25. The summed E-state index contributed by atoms with van der Waals surface area (Å²) in [5, 5.41) is 0.138. The number of fused-ring (bicyclic) bond motifs is 1. The largest absolute Gasteiger partial charge is 0.541 e. The molecule has 1 aliphatic carbocycles. The van der Waals surface area contributed by atoms with E-state index >= 15 is 0 Å². The second kappa shape index (κ2) is 11.2. The van der Waals surface area contributed by atoms with E-state index in [-0.39, 0.29) is 10.1 Å². The average Bonchev–Trinajstić information content (AvgIpc) is 3.05. The summed E-state index contributed by atoms with van der Waals surface area (Å²) in [6.07, 6.45) is 5.27. The fraction of sp³-hybridized carbons (Fsp3) is 0.562. The van der Waals surface area contributed by atoms with Crippen molar-refractivity contribution in [3.05, 3.63) is 47.0 Å². The summed E-state index contributed by atoms with van der Waals surface area (Å²) >= 11 is 0. The number of ether oxygens (including phenoxy) is 3. The monoisotopic (exact) mass is 570 g/mol. The zero-order chi connectivity index (χ0) is 29.4. The fourth-order valence-electron chi connectivity index (χ4n) is 4.28. The first-order valence-corrected chi connectivity index (χ1v) is 19.8. The molecule has 0 heterocycles. The van der Waals surface area contributed by atoms with Crippen LogP contribution >= 0.6 is 0 Å². The number of allylic oxidation sites excluding steroid dienone is 1. The lowest BCUT2D eigenvalue weighted by Crippen LogP contribution is -2.46. The molecule has 7 heteroatoms. The Morgan fingerprint density at radius 2 is 1.21 bits per heavy atom. The molecule has 39 heavy (non-hydrogen) atoms. The van der Waals surface area contributed by atoms with Gasteiger partial charge in [-0.05, 0) is 90.4 Å². The zero-order valence-corrected chi connectivity index (χ0v) is 28.5. The van der Waals surface area contributed by atoms with Gasteiger partial charge in [-0.1, -0.05) is 53.7 Å². The predicted molar refractivity (Wildman–Crippen MR) is 168 cm³/mol. The molecule has 0 saturated carbocycles. The van der Waals surface area contributed by atoms with Gasteiger partial charge >= 0.3 is 0 Å². The van der Waals surface area contributed by atoms with E-state index in [9.17, 15) is 0 Å². The van der Waals surface area contributed by atoms with Gasteiger partial charge in [-0.15, -0.1) is 0 Å². The first-order chi connectivity index (χ1) is 18.0. The van der Waals surface area contributed by atoms with Gasteiger partial charge < -0.3 is 23.1 Å². The van der Waals surface area contributed by atoms with Gasteiger partial charge in [-0.2, -0.15) is 0 Å². The van der Waals surface area contributed by atoms with Crippen molar-refractivity contribution >= 4 is 22.2 Å². The average molecular weight is 571 g/mol. The smallest absolute Gasteiger partial charge is 0.250 e. The van der Waals surface area contributed by atoms with Gasteiger partial charge in [0.15, 0.2) is 11.5 Å². The Labute approximate surface area is 239 Å². The fourth-order valence-corrected chi connectivity index (χ4v) is 6.34. The summed E-state index contributed by atoms with van der Waals surface area (Å²) in [5.41, 5.74) is 4.59. The van der Waals surface area contributed by atoms with Crippen molar-refractivity contribution in [3.63, 3.8) is 0 Å². The Balaban J connectivity index is 2.28. The first-order valence-electron chi connectivity index (χ1n) is 14.0. The van der Waals surface area contributed by atoms with Crippen LogP contribution in [0.3, 0.4) is 0 Å². The molecule has 2 aromatic carbocycles. The van der Waals surface area contributed by atoms with Crippen molar-refractivity contribution in [2.24, 2.45) is 0 Å². The molecular weight excluding hydrogens is 521 g/mol. The second-order valence-electron chi connectivity index (χ2n) is 13.6. The van der Waals surface area contributed by atoms with E-state index in [2.05, 4.69) is 85.9 Å². The summed E-state index contributed by atoms with van der Waals surface area (Å²) < 4.78 is 31.1. The maximum Gasteiger partial charge on any atom is 0.250 e. The second-order valence-corrected chi connectivity index (χ2v) is 23.0. The molecule has 216 valence electrons. The van der Waals surface area contributed by atoms with Gasteiger partial charge in [-0.25, -0.2) is 0 Å². The van der Waals surface area contributed by atoms with E-state index in [1.54, 1.807) is 21.3 Å². The van der Waals surface area contributed by atoms with Gasteiger partial charge in [0.2, 0.25) is 5.75 Å². The van der Waals surface area contributed by atoms with Gasteiger partial charge in [0, 0.05) is 5.56 Å². The normalized spacial score (nSPS) is 14.6. The summed E-state index contributed by atoms with van der Waals surface area (Å²) in [5.74, 6) is 3.71. The molecule has 0 bridgehead atoms. The van der Waals surface area contributed by atoms with Crippen LogP contribution in [0.25, 0.3) is 5.57 Å². The summed E-state index contributed by atoms with van der Waals surface area (Å²) in [4.78, 5) is 0. The van der Waals surface area contributed by atoms with E-state index in [0.29, 0.717) is 17.2 Å². The molecule has 3 rings (SSSR count). The third-order valence-corrected chi connectivity index (χ3v) is 17.5. The molecule has 2 aromatic rings. The highest BCUT2D eigenvalue weighted by molar-refractivity contribution is 6.75. The number of hydrogen-bond donors (Lipinski definition) is 0. The molecule has 0 spiro atoms. The Kier molecular flexibility index (Phi) is 8.98. The van der Waals surface area contributed by atoms with Crippen molar-refractivity contribution < 1.29 is 23.1 Å². The minimum Gasteiger partial charge on any atom is -0.541 e. The summed E-state index contributed by atoms with van der Waals surface area (Å²) in [7, 11) is 0.695. The lowest BCUT2D eigenvalue weighted by Gasteiger charge is -2.40. The third-order valence-electron chi connectivity index (χ3n) is 8.80. The molecule has 0 atom stereocenters. The molecule has 0 N–H and O–H groups in total. The first kappa shape index (κ1) is 31.1. The van der Waals surface area contributed by atoms with Crippen LogP contribution < -0.4 is 23.1 Å². The van der Waals surface area contributed by atoms with E-state index in [1.165, 1.54) is 11.1 Å². The van der Waals surface area contributed by atoms with E-state index < -0.39 is 16.6 Å². The highest BCUT2D eigenvalue weighted by Gasteiger charge is 2.43. The van der Waals surface area contributed by atoms with Crippen LogP contribution in [-0.2, 0) is 6.42 Å². The number of methoxy groups -OCH3 is 3. The Morgan fingerprint density at radius 3 is 1.69 bits per heavy atom. The molecule has 0 unspecified atom stereocenters. The van der Waals surface area contributed by atoms with Crippen LogP contribution in [0.1, 0.15) is 71.1 Å². The number of hydrogen-bond acceptors (Lipinski definition) is 5. The van der Waals surface area contributed by atoms with Crippen molar-refractivity contribution in [1.82, 2.24) is 0 Å². The molecular formula is C32H50O5Si2. The minimum absolute atomic E-state index is 0.0596. The quantitative estimate of drug-likeness (QED) is 0.296. The number of rotatable bonds is 8. The lowest BCUT2D eigenvalue weighted by atomic mass is 9.92. The molecule has 0 saturated heterocycles. The third kappa shape index (κ3) is 6.35. The summed E-state index contributed by atoms with van der Waals surface area (Å²) in [6.45, 7) is 22.9. The van der Waals surface area contributed by atoms with Gasteiger partial charge in [0.25, 0.3) is 16.6 Å². The topological polar surface area (TPSA) is 46.2 Å². The number of benzene rings is 2. The molecule has 0 radical (unpaired) electrons. The minimum atomic E-state index is -2.16. The zero-order valence-electron chi connectivity index (χ0n) is 26.5. The van der Waals surface area contributed by atoms with Crippen molar-refractivity contribution in [3.8, 4) is 28.7 Å². The molecule has 0 aromatic heterocycles. The maximum atomic E-state index is 7.16. The summed E-state index contributed by atoms with van der Waals surface area (Å²) in [6, 6.07) is 8.43. The van der Waals surface area contributed by atoms with E-state index in [0.717, 1.165) is 41.9 Å². The van der Waals surface area contributed by atoms with Crippen LogP contribution in [0.15, 0.2) is 30.3 Å². The van der Waals surface area contributed by atoms with Crippen molar-refractivity contribution in [2.45, 2.75) is 97.1 Å². The molecule has 0 fully saturated rings. The van der Waals surface area contributed by atoms with Crippen LogP contribution in [0.4, 0.5) is 0 Å². The van der Waals surface area contributed by atoms with Crippen LogP contribution in [0, 0.1) is 0 Å². The van der Waals surface area contributed by atoms with Crippen LogP contribution in [0.2, 0.25) is 36.3 Å². The Bertz CT molecular complexity index is 1190. The van der Waals surface area contributed by atoms with Gasteiger partial charge in [0.05, 0.1) is 21.3 Å². The van der Waals surface area contributed by atoms with Crippen molar-refractivity contribution in [1.29, 1.82) is 0 Å². The Hall–Kier alpha value is -2.39. The highest BCUT2D eigenvalue weighted by atomic mass is 28.4. The maximum absolute atomic E-state index is 7.16. The van der Waals surface area contributed by atoms with Crippen LogP contribution in [-0.4, -0.2) is 38.0 Å². The van der Waals surface area contributed by atoms with Gasteiger partial charge in [-0.3, -0.25) is 0 Å². The van der Waals surface area contributed by atoms with E-state index in [4.69, 9.17) is 23.1 Å². The molecule has 0 aliphatic heterocycles. The standard InChI is InChI=1S/C32H50O5Si2/c1-31(2,3)38(10,11)36-26-19-18-24-23(22-20-27(33-7)30(35-9)28(21-22)34-8)16-14-15-17-25(24)29(26)37-39(12,13)32(4,5)6/h16,18-21H,14-15,17H2,1-13H3. The highest BCUT2D eigenvalue weighted by Crippen LogP contribution is 2.49. The molecule has 5 nitrogen and oxygen atoms in total. The Morgan fingerprint density at radius 1 is 0.667 bits per heavy atom. The molecule has 0 amide bonds. The SMILES string of the molecule is COc1cc(C2=CCCCc3c2ccc(O[Si](C)(C)C(C)(C)C)c3O[Si](C)(C)C(C)(C)C)cc(OC)c1OC. The van der Waals surface area contributed by atoms with Crippen molar-refractivity contribution in [2.75, 3.05) is 21.3 Å². The lowest BCUT2D eigenvalue weighted by molar-refractivity contribution is 0.324. The van der Waals surface area contributed by atoms with Crippen LogP contribution in [0.5, 0.6) is 28.7 Å².